The van der Waals surface area contributed by atoms with E-state index in [2.05, 4.69) is 10.6 Å². The first kappa shape index (κ1) is 21.2. The molecule has 1 fully saturated rings. The molecular formula is C21H21F2N3O4. The molecule has 0 unspecified atom stereocenters. The Morgan fingerprint density at radius 3 is 2.37 bits per heavy atom. The zero-order chi connectivity index (χ0) is 21.5. The summed E-state index contributed by atoms with van der Waals surface area (Å²) < 4.78 is 31.8. The van der Waals surface area contributed by atoms with E-state index in [0.29, 0.717) is 37.7 Å². The lowest BCUT2D eigenvalue weighted by Crippen LogP contribution is -2.44. The fourth-order valence-electron chi connectivity index (χ4n) is 3.06. The minimum absolute atomic E-state index is 0.0880. The molecule has 3 amide bonds. The summed E-state index contributed by atoms with van der Waals surface area (Å²) in [7, 11) is 0. The predicted octanol–water partition coefficient (Wildman–Crippen LogP) is 2.93. The lowest BCUT2D eigenvalue weighted by Gasteiger charge is -2.31. The van der Waals surface area contributed by atoms with Crippen LogP contribution in [0.4, 0.5) is 19.3 Å². The molecule has 1 heterocycles. The topological polar surface area (TPSA) is 87.7 Å². The number of ether oxygens (including phenoxy) is 1. The summed E-state index contributed by atoms with van der Waals surface area (Å²) in [6.07, 6.45) is 0.848. The monoisotopic (exact) mass is 417 g/mol. The highest BCUT2D eigenvalue weighted by Gasteiger charge is 2.25. The molecule has 1 aliphatic heterocycles. The van der Waals surface area contributed by atoms with Crippen molar-refractivity contribution in [1.82, 2.24) is 10.2 Å². The molecule has 0 spiro atoms. The second-order valence-corrected chi connectivity index (χ2v) is 6.90. The number of likely N-dealkylation sites (tertiary alicyclic amines) is 1. The number of hydrogen-bond acceptors (Lipinski definition) is 4. The van der Waals surface area contributed by atoms with Gasteiger partial charge in [0, 0.05) is 25.7 Å². The first-order valence-corrected chi connectivity index (χ1v) is 9.48. The molecule has 1 aliphatic rings. The number of amides is 3. The molecule has 0 atom stereocenters. The minimum atomic E-state index is -1.04. The number of nitrogens with zero attached hydrogens (tertiary/aromatic N) is 1. The molecule has 0 aromatic heterocycles. The largest absolute Gasteiger partial charge is 0.415 e. The van der Waals surface area contributed by atoms with Crippen LogP contribution in [-0.4, -0.2) is 42.4 Å². The Bertz CT molecular complexity index is 916. The molecule has 3 rings (SSSR count). The van der Waals surface area contributed by atoms with Crippen LogP contribution in [0.15, 0.2) is 48.5 Å². The van der Waals surface area contributed by atoms with E-state index in [0.717, 1.165) is 12.1 Å². The van der Waals surface area contributed by atoms with Crippen LogP contribution in [0.1, 0.15) is 12.8 Å². The van der Waals surface area contributed by atoms with Gasteiger partial charge >= 0.3 is 17.9 Å². The first-order chi connectivity index (χ1) is 14.4. The third-order valence-corrected chi connectivity index (χ3v) is 4.76. The van der Waals surface area contributed by atoms with Crippen molar-refractivity contribution >= 4 is 23.6 Å². The van der Waals surface area contributed by atoms with Crippen molar-refractivity contribution in [2.75, 3.05) is 25.0 Å². The van der Waals surface area contributed by atoms with Gasteiger partial charge < -0.3 is 20.3 Å². The molecule has 30 heavy (non-hydrogen) atoms. The Balaban J connectivity index is 1.40. The average molecular weight is 417 g/mol. The summed E-state index contributed by atoms with van der Waals surface area (Å²) in [4.78, 5) is 37.6. The molecule has 0 aliphatic carbocycles. The highest BCUT2D eigenvalue weighted by atomic mass is 19.1. The molecule has 2 aromatic rings. The van der Waals surface area contributed by atoms with E-state index < -0.39 is 29.5 Å². The van der Waals surface area contributed by atoms with Gasteiger partial charge in [0.2, 0.25) is 0 Å². The molecule has 2 N–H and O–H groups in total. The number of benzene rings is 2. The Morgan fingerprint density at radius 1 is 1.00 bits per heavy atom. The lowest BCUT2D eigenvalue weighted by molar-refractivity contribution is -0.136. The van der Waals surface area contributed by atoms with E-state index in [1.807, 2.05) is 6.07 Å². The van der Waals surface area contributed by atoms with E-state index in [1.54, 1.807) is 29.2 Å². The summed E-state index contributed by atoms with van der Waals surface area (Å²) in [5.74, 6) is -3.14. The number of para-hydroxylation sites is 1. The van der Waals surface area contributed by atoms with E-state index in [4.69, 9.17) is 4.74 Å². The van der Waals surface area contributed by atoms with Gasteiger partial charge in [-0.3, -0.25) is 9.59 Å². The van der Waals surface area contributed by atoms with Gasteiger partial charge in [-0.2, -0.15) is 0 Å². The van der Waals surface area contributed by atoms with E-state index in [-0.39, 0.29) is 18.2 Å². The zero-order valence-electron chi connectivity index (χ0n) is 16.1. The van der Waals surface area contributed by atoms with Gasteiger partial charge in [-0.25, -0.2) is 13.6 Å². The number of halogens is 2. The van der Waals surface area contributed by atoms with Crippen LogP contribution in [0.25, 0.3) is 0 Å². The number of piperidine rings is 1. The van der Waals surface area contributed by atoms with Crippen molar-refractivity contribution < 1.29 is 27.9 Å². The van der Waals surface area contributed by atoms with Gasteiger partial charge in [0.1, 0.15) is 17.4 Å². The Kier molecular flexibility index (Phi) is 6.95. The second kappa shape index (κ2) is 9.82. The van der Waals surface area contributed by atoms with Crippen molar-refractivity contribution in [2.24, 2.45) is 5.92 Å². The fourth-order valence-corrected chi connectivity index (χ4v) is 3.06. The number of nitrogens with one attached hydrogen (secondary N) is 2. The Morgan fingerprint density at radius 2 is 1.70 bits per heavy atom. The van der Waals surface area contributed by atoms with Crippen LogP contribution in [0.3, 0.4) is 0 Å². The van der Waals surface area contributed by atoms with E-state index in [1.165, 1.54) is 0 Å². The minimum Gasteiger partial charge on any atom is -0.410 e. The maximum Gasteiger partial charge on any atom is 0.415 e. The van der Waals surface area contributed by atoms with Gasteiger partial charge in [-0.05, 0) is 43.0 Å². The maximum absolute atomic E-state index is 13.6. The summed E-state index contributed by atoms with van der Waals surface area (Å²) in [5, 5.41) is 4.61. The second-order valence-electron chi connectivity index (χ2n) is 6.90. The highest BCUT2D eigenvalue weighted by molar-refractivity contribution is 6.39. The molecule has 158 valence electrons. The van der Waals surface area contributed by atoms with Gasteiger partial charge in [-0.1, -0.05) is 18.2 Å². The Hall–Kier alpha value is -3.49. The van der Waals surface area contributed by atoms with Crippen molar-refractivity contribution in [1.29, 1.82) is 0 Å². The van der Waals surface area contributed by atoms with Crippen molar-refractivity contribution in [3.05, 3.63) is 60.2 Å². The van der Waals surface area contributed by atoms with Crippen LogP contribution in [0.2, 0.25) is 0 Å². The van der Waals surface area contributed by atoms with Crippen LogP contribution in [0, 0.1) is 17.6 Å². The summed E-state index contributed by atoms with van der Waals surface area (Å²) >= 11 is 0. The van der Waals surface area contributed by atoms with Crippen molar-refractivity contribution in [2.45, 2.75) is 12.8 Å². The zero-order valence-corrected chi connectivity index (χ0v) is 16.1. The van der Waals surface area contributed by atoms with Crippen LogP contribution < -0.4 is 15.4 Å². The molecule has 0 radical (unpaired) electrons. The predicted molar refractivity (Wildman–Crippen MR) is 105 cm³/mol. The highest BCUT2D eigenvalue weighted by Crippen LogP contribution is 2.19. The molecule has 9 heteroatoms. The molecule has 7 nitrogen and oxygen atoms in total. The van der Waals surface area contributed by atoms with Gasteiger partial charge in [0.25, 0.3) is 0 Å². The maximum atomic E-state index is 13.6. The SMILES string of the molecule is O=C(NCC1CCN(C(=O)Oc2ccccc2)CC1)C(=O)Nc1ccc(F)cc1F. The van der Waals surface area contributed by atoms with Gasteiger partial charge in [0.05, 0.1) is 5.69 Å². The van der Waals surface area contributed by atoms with E-state index >= 15 is 0 Å². The van der Waals surface area contributed by atoms with Crippen molar-refractivity contribution in [3.8, 4) is 5.75 Å². The third kappa shape index (κ3) is 5.76. The third-order valence-electron chi connectivity index (χ3n) is 4.76. The summed E-state index contributed by atoms with van der Waals surface area (Å²) in [6.45, 7) is 1.19. The average Bonchev–Trinajstić information content (AvgIpc) is 2.75. The van der Waals surface area contributed by atoms with Crippen LogP contribution in [0.5, 0.6) is 5.75 Å². The van der Waals surface area contributed by atoms with Crippen LogP contribution >= 0.6 is 0 Å². The molecule has 0 saturated carbocycles. The number of hydrogen-bond donors (Lipinski definition) is 2. The molecule has 2 aromatic carbocycles. The summed E-state index contributed by atoms with van der Waals surface area (Å²) in [5.41, 5.74) is -0.276. The lowest BCUT2D eigenvalue weighted by atomic mass is 9.97. The van der Waals surface area contributed by atoms with Crippen molar-refractivity contribution in [3.63, 3.8) is 0 Å². The number of carbonyl (C=O) groups excluding carboxylic acids is 3. The number of rotatable bonds is 4. The van der Waals surface area contributed by atoms with Crippen LogP contribution in [-0.2, 0) is 9.59 Å². The molecular weight excluding hydrogens is 396 g/mol. The van der Waals surface area contributed by atoms with E-state index in [9.17, 15) is 23.2 Å². The smallest absolute Gasteiger partial charge is 0.410 e. The fraction of sp³-hybridized carbons (Fsp3) is 0.286. The quantitative estimate of drug-likeness (QED) is 0.749. The standard InChI is InChI=1S/C21H21F2N3O4/c22-15-6-7-18(17(23)12-15)25-20(28)19(27)24-13-14-8-10-26(11-9-14)21(29)30-16-4-2-1-3-5-16/h1-7,12,14H,8-11,13H2,(H,24,27)(H,25,28). The normalized spacial score (nSPS) is 14.1. The summed E-state index contributed by atoms with van der Waals surface area (Å²) in [6, 6.07) is 11.4. The number of carbonyl (C=O) groups is 3. The Labute approximate surface area is 172 Å². The van der Waals surface area contributed by atoms with Gasteiger partial charge in [-0.15, -0.1) is 0 Å². The number of anilines is 1. The molecule has 1 saturated heterocycles. The first-order valence-electron chi connectivity index (χ1n) is 9.48. The molecule has 0 bridgehead atoms. The van der Waals surface area contributed by atoms with Gasteiger partial charge in [0.15, 0.2) is 0 Å².